The monoisotopic (exact) mass is 149 g/mol. The molecule has 1 unspecified atom stereocenters. The maximum atomic E-state index is 10.4. The number of thiol groups is 1. The average molecular weight is 149 g/mol. The van der Waals surface area contributed by atoms with Crippen LogP contribution in [0.3, 0.4) is 0 Å². The molecule has 0 bridgehead atoms. The van der Waals surface area contributed by atoms with Gasteiger partial charge in [0.2, 0.25) is 0 Å². The van der Waals surface area contributed by atoms with Crippen molar-refractivity contribution in [1.82, 2.24) is 5.32 Å². The summed E-state index contributed by atoms with van der Waals surface area (Å²) in [7, 11) is 0. The van der Waals surface area contributed by atoms with Crippen molar-refractivity contribution >= 4 is 19.0 Å². The Morgan fingerprint density at radius 3 is 2.78 bits per heavy atom. The third-order valence-electron chi connectivity index (χ3n) is 1.06. The Labute approximate surface area is 60.4 Å². The van der Waals surface area contributed by atoms with E-state index in [1.165, 1.54) is 0 Å². The first-order valence-corrected chi connectivity index (χ1v) is 3.19. The Balaban J connectivity index is 3.34. The number of amides is 1. The van der Waals surface area contributed by atoms with Gasteiger partial charge in [-0.25, -0.2) is 4.79 Å². The lowest BCUT2D eigenvalue weighted by molar-refractivity contribution is 0.205. The Morgan fingerprint density at radius 1 is 1.89 bits per heavy atom. The maximum Gasteiger partial charge on any atom is 0.419 e. The predicted molar refractivity (Wildman–Crippen MR) is 38.4 cm³/mol. The van der Waals surface area contributed by atoms with Crippen LogP contribution >= 0.6 is 12.9 Å². The number of carbonyl (C=O) groups is 1. The van der Waals surface area contributed by atoms with Gasteiger partial charge < -0.3 is 9.50 Å². The van der Waals surface area contributed by atoms with Crippen molar-refractivity contribution in [2.45, 2.75) is 26.3 Å². The Bertz CT molecular complexity index is 97.0. The van der Waals surface area contributed by atoms with Gasteiger partial charge in [-0.15, -0.1) is 0 Å². The molecule has 0 radical (unpaired) electrons. The van der Waals surface area contributed by atoms with E-state index in [1.807, 2.05) is 13.8 Å². The van der Waals surface area contributed by atoms with Crippen molar-refractivity contribution in [3.8, 4) is 0 Å². The van der Waals surface area contributed by atoms with Crippen molar-refractivity contribution < 1.29 is 8.98 Å². The number of hydrogen-bond acceptors (Lipinski definition) is 3. The normalized spacial score (nSPS) is 12.3. The third kappa shape index (κ3) is 4.14. The second-order valence-corrected chi connectivity index (χ2v) is 2.01. The summed E-state index contributed by atoms with van der Waals surface area (Å²) in [6.45, 7) is 3.87. The van der Waals surface area contributed by atoms with Gasteiger partial charge in [0.1, 0.15) is 0 Å². The van der Waals surface area contributed by atoms with Crippen LogP contribution in [-0.2, 0) is 4.18 Å². The zero-order valence-corrected chi connectivity index (χ0v) is 6.44. The van der Waals surface area contributed by atoms with Crippen LogP contribution in [-0.4, -0.2) is 12.1 Å². The van der Waals surface area contributed by atoms with E-state index < -0.39 is 6.09 Å². The van der Waals surface area contributed by atoms with Gasteiger partial charge in [0.25, 0.3) is 0 Å². The van der Waals surface area contributed by atoms with Gasteiger partial charge in [-0.1, -0.05) is 6.92 Å². The molecule has 0 aromatic heterocycles. The molecule has 54 valence electrons. The second kappa shape index (κ2) is 4.49. The molecule has 0 fully saturated rings. The minimum Gasteiger partial charge on any atom is -0.378 e. The molecule has 9 heavy (non-hydrogen) atoms. The number of hydrogen-bond donors (Lipinski definition) is 2. The van der Waals surface area contributed by atoms with Crippen LogP contribution in [0.4, 0.5) is 4.79 Å². The zero-order valence-electron chi connectivity index (χ0n) is 5.55. The van der Waals surface area contributed by atoms with E-state index in [4.69, 9.17) is 0 Å². The minimum absolute atomic E-state index is 0.157. The van der Waals surface area contributed by atoms with Gasteiger partial charge in [0.15, 0.2) is 0 Å². The summed E-state index contributed by atoms with van der Waals surface area (Å²) in [5.74, 6) is 0. The lowest BCUT2D eigenvalue weighted by Crippen LogP contribution is -2.30. The molecule has 0 spiro atoms. The fraction of sp³-hybridized carbons (Fsp3) is 0.800. The van der Waals surface area contributed by atoms with Crippen molar-refractivity contribution in [3.05, 3.63) is 0 Å². The predicted octanol–water partition coefficient (Wildman–Crippen LogP) is 1.36. The summed E-state index contributed by atoms with van der Waals surface area (Å²) >= 11 is 3.32. The van der Waals surface area contributed by atoms with E-state index in [0.717, 1.165) is 6.42 Å². The van der Waals surface area contributed by atoms with E-state index in [0.29, 0.717) is 0 Å². The highest BCUT2D eigenvalue weighted by Crippen LogP contribution is 1.89. The fourth-order valence-corrected chi connectivity index (χ4v) is 0.382. The third-order valence-corrected chi connectivity index (χ3v) is 1.23. The van der Waals surface area contributed by atoms with Gasteiger partial charge in [-0.3, -0.25) is 0 Å². The molecule has 4 heteroatoms. The quantitative estimate of drug-likeness (QED) is 0.459. The van der Waals surface area contributed by atoms with Crippen LogP contribution in [0.5, 0.6) is 0 Å². The van der Waals surface area contributed by atoms with Crippen molar-refractivity contribution in [2.75, 3.05) is 0 Å². The maximum absolute atomic E-state index is 10.4. The Morgan fingerprint density at radius 2 is 2.44 bits per heavy atom. The summed E-state index contributed by atoms with van der Waals surface area (Å²) in [6.07, 6.45) is 0.399. The zero-order chi connectivity index (χ0) is 7.28. The summed E-state index contributed by atoms with van der Waals surface area (Å²) in [5.41, 5.74) is 0. The smallest absolute Gasteiger partial charge is 0.378 e. The van der Waals surface area contributed by atoms with Crippen molar-refractivity contribution in [1.29, 1.82) is 0 Å². The van der Waals surface area contributed by atoms with E-state index >= 15 is 0 Å². The first kappa shape index (κ1) is 8.62. The first-order chi connectivity index (χ1) is 4.20. The fourth-order valence-electron chi connectivity index (χ4n) is 0.330. The van der Waals surface area contributed by atoms with Gasteiger partial charge in [-0.05, 0) is 13.3 Å². The molecule has 0 aliphatic heterocycles. The minimum atomic E-state index is -0.493. The molecule has 1 amide bonds. The van der Waals surface area contributed by atoms with Gasteiger partial charge >= 0.3 is 6.09 Å². The van der Waals surface area contributed by atoms with E-state index in [-0.39, 0.29) is 6.04 Å². The molecule has 1 N–H and O–H groups in total. The average Bonchev–Trinajstić information content (AvgIpc) is 1.87. The summed E-state index contributed by atoms with van der Waals surface area (Å²) in [4.78, 5) is 10.4. The number of carbonyl (C=O) groups excluding carboxylic acids is 1. The summed E-state index contributed by atoms with van der Waals surface area (Å²) < 4.78 is 4.07. The molecule has 0 aliphatic carbocycles. The topological polar surface area (TPSA) is 38.3 Å². The van der Waals surface area contributed by atoms with Gasteiger partial charge in [-0.2, -0.15) is 0 Å². The molecule has 0 saturated heterocycles. The molecule has 1 atom stereocenters. The van der Waals surface area contributed by atoms with Crippen LogP contribution in [0.15, 0.2) is 0 Å². The molecule has 0 aliphatic rings. The molecule has 0 saturated carbocycles. The van der Waals surface area contributed by atoms with E-state index in [9.17, 15) is 4.79 Å². The molecule has 3 nitrogen and oxygen atoms in total. The van der Waals surface area contributed by atoms with E-state index in [1.54, 1.807) is 0 Å². The highest BCUT2D eigenvalue weighted by molar-refractivity contribution is 7.75. The van der Waals surface area contributed by atoms with Crippen LogP contribution in [0, 0.1) is 0 Å². The largest absolute Gasteiger partial charge is 0.419 e. The standard InChI is InChI=1S/C5H11NO2S/c1-3-4(2)6-5(7)8-9/h4,9H,3H2,1-2H3,(H,6,7). The molecule has 0 rings (SSSR count). The van der Waals surface area contributed by atoms with Crippen molar-refractivity contribution in [3.63, 3.8) is 0 Å². The van der Waals surface area contributed by atoms with Crippen LogP contribution in [0.1, 0.15) is 20.3 Å². The molecular weight excluding hydrogens is 138 g/mol. The molecule has 0 aromatic rings. The molecule has 0 aromatic carbocycles. The number of nitrogens with one attached hydrogen (secondary N) is 1. The molecular formula is C5H11NO2S. The number of rotatable bonds is 2. The highest BCUT2D eigenvalue weighted by atomic mass is 32.1. The summed E-state index contributed by atoms with van der Waals surface area (Å²) in [5, 5.41) is 2.54. The van der Waals surface area contributed by atoms with E-state index in [2.05, 4.69) is 22.4 Å². The molecule has 0 heterocycles. The van der Waals surface area contributed by atoms with Crippen LogP contribution in [0.2, 0.25) is 0 Å². The van der Waals surface area contributed by atoms with Gasteiger partial charge in [0.05, 0.1) is 0 Å². The second-order valence-electron chi connectivity index (χ2n) is 1.83. The Kier molecular flexibility index (Phi) is 4.30. The van der Waals surface area contributed by atoms with Crippen LogP contribution < -0.4 is 5.32 Å². The van der Waals surface area contributed by atoms with Crippen LogP contribution in [0.25, 0.3) is 0 Å². The SMILES string of the molecule is CCC(C)NC(=O)OS. The lowest BCUT2D eigenvalue weighted by Gasteiger charge is -2.07. The highest BCUT2D eigenvalue weighted by Gasteiger charge is 2.02. The van der Waals surface area contributed by atoms with Crippen molar-refractivity contribution in [2.24, 2.45) is 0 Å². The van der Waals surface area contributed by atoms with Gasteiger partial charge in [0, 0.05) is 19.0 Å². The first-order valence-electron chi connectivity index (χ1n) is 2.82. The lowest BCUT2D eigenvalue weighted by atomic mass is 10.3. The summed E-state index contributed by atoms with van der Waals surface area (Å²) in [6, 6.07) is 0.157. The Hall–Kier alpha value is -0.380.